The minimum absolute atomic E-state index is 0.643. The maximum atomic E-state index is 14.0. The molecule has 8 nitrogen and oxygen atoms in total. The third kappa shape index (κ3) is 2.10. The summed E-state index contributed by atoms with van der Waals surface area (Å²) in [6.45, 7) is -0.792. The van der Waals surface area contributed by atoms with Crippen molar-refractivity contribution in [2.75, 3.05) is 13.7 Å². The Kier molecular flexibility index (Phi) is 3.54. The van der Waals surface area contributed by atoms with Gasteiger partial charge in [0, 0.05) is 19.4 Å². The molecule has 2 heterocycles. The van der Waals surface area contributed by atoms with E-state index in [4.69, 9.17) is 14.6 Å². The van der Waals surface area contributed by atoms with Crippen molar-refractivity contribution in [3.8, 4) is 0 Å². The zero-order chi connectivity index (χ0) is 14.2. The molecule has 1 saturated heterocycles. The van der Waals surface area contributed by atoms with Gasteiger partial charge in [-0.05, 0) is 0 Å². The summed E-state index contributed by atoms with van der Waals surface area (Å²) in [6.07, 6.45) is -4.25. The molecule has 4 atom stereocenters. The minimum Gasteiger partial charge on any atom is -0.391 e. The predicted molar refractivity (Wildman–Crippen MR) is 59.2 cm³/mol. The number of hydrogen-bond acceptors (Lipinski definition) is 6. The highest BCUT2D eigenvalue weighted by molar-refractivity contribution is 4.97. The Morgan fingerprint density at radius 1 is 1.63 bits per heavy atom. The van der Waals surface area contributed by atoms with E-state index in [1.165, 1.54) is 0 Å². The van der Waals surface area contributed by atoms with Crippen molar-refractivity contribution in [3.63, 3.8) is 0 Å². The van der Waals surface area contributed by atoms with Gasteiger partial charge in [0.2, 0.25) is 5.79 Å². The molecule has 9 heteroatoms. The fourth-order valence-corrected chi connectivity index (χ4v) is 1.94. The van der Waals surface area contributed by atoms with Gasteiger partial charge in [-0.1, -0.05) is 0 Å². The van der Waals surface area contributed by atoms with E-state index in [0.29, 0.717) is 0 Å². The third-order valence-electron chi connectivity index (χ3n) is 3.04. The van der Waals surface area contributed by atoms with Crippen LogP contribution in [0.1, 0.15) is 6.23 Å². The summed E-state index contributed by atoms with van der Waals surface area (Å²) < 4.78 is 24.7. The number of ether oxygens (including phenoxy) is 2. The number of methoxy groups -OCH3 is 1. The van der Waals surface area contributed by atoms with E-state index in [9.17, 15) is 19.1 Å². The zero-order valence-electron chi connectivity index (χ0n) is 9.95. The summed E-state index contributed by atoms with van der Waals surface area (Å²) in [4.78, 5) is 24.4. The molecule has 1 aromatic rings. The van der Waals surface area contributed by atoms with Crippen LogP contribution in [0, 0.1) is 0 Å². The van der Waals surface area contributed by atoms with Crippen LogP contribution in [0.4, 0.5) is 4.39 Å². The molecule has 1 aliphatic rings. The molecule has 106 valence electrons. The van der Waals surface area contributed by atoms with Crippen molar-refractivity contribution in [2.45, 2.75) is 24.3 Å². The Hall–Kier alpha value is -1.55. The number of alkyl halides is 1. The quantitative estimate of drug-likeness (QED) is 0.594. The number of nitrogens with one attached hydrogen (secondary N) is 1. The van der Waals surface area contributed by atoms with E-state index in [1.807, 2.05) is 4.98 Å². The van der Waals surface area contributed by atoms with Gasteiger partial charge in [-0.2, -0.15) is 0 Å². The molecule has 19 heavy (non-hydrogen) atoms. The summed E-state index contributed by atoms with van der Waals surface area (Å²) in [5.74, 6) is -1.94. The number of hydrogen-bond donors (Lipinski definition) is 3. The van der Waals surface area contributed by atoms with E-state index in [1.54, 1.807) is 0 Å². The number of rotatable bonds is 3. The lowest BCUT2D eigenvalue weighted by Crippen LogP contribution is -2.47. The highest BCUT2D eigenvalue weighted by Gasteiger charge is 2.56. The fraction of sp³-hybridized carbons (Fsp3) is 0.600. The molecule has 1 aliphatic heterocycles. The zero-order valence-corrected chi connectivity index (χ0v) is 9.95. The molecule has 0 aromatic carbocycles. The Labute approximate surface area is 106 Å². The lowest BCUT2D eigenvalue weighted by atomic mass is 10.1. The summed E-state index contributed by atoms with van der Waals surface area (Å²) in [5.41, 5.74) is -1.53. The molecule has 1 fully saturated rings. The van der Waals surface area contributed by atoms with Crippen molar-refractivity contribution in [2.24, 2.45) is 0 Å². The smallest absolute Gasteiger partial charge is 0.330 e. The van der Waals surface area contributed by atoms with E-state index < -0.39 is 42.1 Å². The van der Waals surface area contributed by atoms with E-state index in [0.717, 1.165) is 23.9 Å². The van der Waals surface area contributed by atoms with Crippen molar-refractivity contribution in [3.05, 3.63) is 33.1 Å². The third-order valence-corrected chi connectivity index (χ3v) is 3.04. The van der Waals surface area contributed by atoms with Crippen molar-refractivity contribution in [1.29, 1.82) is 0 Å². The molecule has 0 bridgehead atoms. The second-order valence-electron chi connectivity index (χ2n) is 4.09. The Morgan fingerprint density at radius 2 is 2.32 bits per heavy atom. The fourth-order valence-electron chi connectivity index (χ4n) is 1.94. The molecule has 1 aromatic heterocycles. The SMILES string of the molecule is CO[C@@]1(CO)O[C@@H](n2ccc(=O)[nH]c2=O)[C@@H](F)C1O. The van der Waals surface area contributed by atoms with Crippen molar-refractivity contribution in [1.82, 2.24) is 9.55 Å². The molecule has 0 saturated carbocycles. The van der Waals surface area contributed by atoms with Crippen molar-refractivity contribution < 1.29 is 24.1 Å². The topological polar surface area (TPSA) is 114 Å². The normalized spacial score (nSPS) is 34.6. The Morgan fingerprint density at radius 3 is 2.79 bits per heavy atom. The van der Waals surface area contributed by atoms with Gasteiger partial charge >= 0.3 is 5.69 Å². The molecule has 1 unspecified atom stereocenters. The van der Waals surface area contributed by atoms with Crippen LogP contribution >= 0.6 is 0 Å². The van der Waals surface area contributed by atoms with Crippen LogP contribution in [0.2, 0.25) is 0 Å². The maximum absolute atomic E-state index is 14.0. The first kappa shape index (κ1) is 13.9. The van der Waals surface area contributed by atoms with E-state index >= 15 is 0 Å². The summed E-state index contributed by atoms with van der Waals surface area (Å²) in [7, 11) is 1.13. The van der Waals surface area contributed by atoms with E-state index in [-0.39, 0.29) is 0 Å². The second-order valence-corrected chi connectivity index (χ2v) is 4.09. The first-order chi connectivity index (χ1) is 8.95. The molecular formula is C10H13FN2O6. The summed E-state index contributed by atoms with van der Waals surface area (Å²) in [6, 6.07) is 1.01. The van der Waals surface area contributed by atoms with Gasteiger partial charge in [0.05, 0.1) is 0 Å². The molecule has 0 aliphatic carbocycles. The van der Waals surface area contributed by atoms with Crippen LogP contribution < -0.4 is 11.2 Å². The highest BCUT2D eigenvalue weighted by Crippen LogP contribution is 2.38. The Balaban J connectivity index is 2.42. The number of aliphatic hydroxyl groups excluding tert-OH is 2. The first-order valence-electron chi connectivity index (χ1n) is 5.42. The van der Waals surface area contributed by atoms with Gasteiger partial charge in [0.1, 0.15) is 12.7 Å². The largest absolute Gasteiger partial charge is 0.391 e. The standard InChI is InChI=1S/C10H13FN2O6/c1-18-10(4-14)7(16)6(11)8(19-10)13-3-2-5(15)12-9(13)17/h2-3,6-8,14,16H,4H2,1H3,(H,12,15,17)/t6-,7?,8+,10-/m0/s1. The summed E-state index contributed by atoms with van der Waals surface area (Å²) >= 11 is 0. The monoisotopic (exact) mass is 276 g/mol. The lowest BCUT2D eigenvalue weighted by Gasteiger charge is -2.27. The lowest BCUT2D eigenvalue weighted by molar-refractivity contribution is -0.269. The average molecular weight is 276 g/mol. The van der Waals surface area contributed by atoms with E-state index in [2.05, 4.69) is 0 Å². The Bertz CT molecular complexity index is 566. The van der Waals surface area contributed by atoms with Gasteiger partial charge < -0.3 is 19.7 Å². The molecule has 0 spiro atoms. The maximum Gasteiger partial charge on any atom is 0.330 e. The number of aromatic nitrogens is 2. The number of halogens is 1. The van der Waals surface area contributed by atoms with Crippen LogP contribution in [-0.2, 0) is 9.47 Å². The molecule has 0 amide bonds. The van der Waals surface area contributed by atoms with Crippen LogP contribution in [0.25, 0.3) is 0 Å². The molecule has 0 radical (unpaired) electrons. The van der Waals surface area contributed by atoms with Crippen LogP contribution in [0.3, 0.4) is 0 Å². The van der Waals surface area contributed by atoms with Crippen LogP contribution in [0.5, 0.6) is 0 Å². The minimum atomic E-state index is -2.00. The second kappa shape index (κ2) is 4.85. The van der Waals surface area contributed by atoms with Crippen LogP contribution in [-0.4, -0.2) is 51.5 Å². The van der Waals surface area contributed by atoms with Crippen LogP contribution in [0.15, 0.2) is 21.9 Å². The number of nitrogens with zero attached hydrogens (tertiary/aromatic N) is 1. The average Bonchev–Trinajstić information content (AvgIpc) is 2.64. The van der Waals surface area contributed by atoms with Gasteiger partial charge in [-0.3, -0.25) is 14.3 Å². The predicted octanol–water partition coefficient (Wildman–Crippen LogP) is -1.90. The highest BCUT2D eigenvalue weighted by atomic mass is 19.1. The van der Waals surface area contributed by atoms with Gasteiger partial charge in [0.25, 0.3) is 5.56 Å². The van der Waals surface area contributed by atoms with Gasteiger partial charge in [-0.15, -0.1) is 0 Å². The molecular weight excluding hydrogens is 263 g/mol. The number of aromatic amines is 1. The first-order valence-corrected chi connectivity index (χ1v) is 5.42. The summed E-state index contributed by atoms with van der Waals surface area (Å²) in [5, 5.41) is 18.9. The number of H-pyrrole nitrogens is 1. The molecule has 2 rings (SSSR count). The molecule has 3 N–H and O–H groups in total. The van der Waals surface area contributed by atoms with Gasteiger partial charge in [0.15, 0.2) is 12.4 Å². The van der Waals surface area contributed by atoms with Crippen molar-refractivity contribution >= 4 is 0 Å². The van der Waals surface area contributed by atoms with Gasteiger partial charge in [-0.25, -0.2) is 9.18 Å². The number of aliphatic hydroxyl groups is 2.